The summed E-state index contributed by atoms with van der Waals surface area (Å²) in [5.41, 5.74) is 2.00. The van der Waals surface area contributed by atoms with Crippen LogP contribution in [0.15, 0.2) is 55.1 Å². The second kappa shape index (κ2) is 8.38. The van der Waals surface area contributed by atoms with Gasteiger partial charge in [0.1, 0.15) is 18.2 Å². The standard InChI is InChI=1S/C20H23N5O/c1-14(2)18(20(26)22-12-9-15-7-10-21-11-8-15)25-19-16-5-3-4-6-17(16)23-13-24-19/h3-8,10-11,13-14,18H,9,12H2,1-2H3,(H,22,26)(H,23,24,25). The number of hydrogen-bond acceptors (Lipinski definition) is 5. The zero-order valence-electron chi connectivity index (χ0n) is 15.0. The van der Waals surface area contributed by atoms with E-state index in [0.717, 1.165) is 22.9 Å². The van der Waals surface area contributed by atoms with Gasteiger partial charge in [0.05, 0.1) is 5.52 Å². The highest BCUT2D eigenvalue weighted by Gasteiger charge is 2.23. The number of nitrogens with one attached hydrogen (secondary N) is 2. The number of carbonyl (C=O) groups excluding carboxylic acids is 1. The van der Waals surface area contributed by atoms with Crippen LogP contribution in [0, 0.1) is 5.92 Å². The fourth-order valence-corrected chi connectivity index (χ4v) is 2.79. The summed E-state index contributed by atoms with van der Waals surface area (Å²) in [4.78, 5) is 25.3. The molecule has 3 aromatic rings. The van der Waals surface area contributed by atoms with Crippen molar-refractivity contribution < 1.29 is 4.79 Å². The molecule has 0 saturated heterocycles. The lowest BCUT2D eigenvalue weighted by atomic mass is 10.0. The van der Waals surface area contributed by atoms with Crippen LogP contribution in [0.2, 0.25) is 0 Å². The monoisotopic (exact) mass is 349 g/mol. The van der Waals surface area contributed by atoms with E-state index in [2.05, 4.69) is 25.6 Å². The third-order valence-electron chi connectivity index (χ3n) is 4.25. The lowest BCUT2D eigenvalue weighted by molar-refractivity contribution is -0.122. The van der Waals surface area contributed by atoms with Gasteiger partial charge in [-0.15, -0.1) is 0 Å². The fraction of sp³-hybridized carbons (Fsp3) is 0.300. The van der Waals surface area contributed by atoms with Crippen LogP contribution >= 0.6 is 0 Å². The lowest BCUT2D eigenvalue weighted by Crippen LogP contribution is -2.43. The van der Waals surface area contributed by atoms with E-state index in [4.69, 9.17) is 0 Å². The van der Waals surface area contributed by atoms with Crippen molar-refractivity contribution in [3.05, 3.63) is 60.7 Å². The topological polar surface area (TPSA) is 79.8 Å². The van der Waals surface area contributed by atoms with Gasteiger partial charge in [-0.05, 0) is 42.2 Å². The van der Waals surface area contributed by atoms with E-state index in [1.165, 1.54) is 6.33 Å². The van der Waals surface area contributed by atoms with Crippen molar-refractivity contribution >= 4 is 22.6 Å². The van der Waals surface area contributed by atoms with Crippen LogP contribution in [-0.2, 0) is 11.2 Å². The summed E-state index contributed by atoms with van der Waals surface area (Å²) in [7, 11) is 0. The predicted octanol–water partition coefficient (Wildman–Crippen LogP) is 2.82. The minimum atomic E-state index is -0.370. The molecule has 2 N–H and O–H groups in total. The van der Waals surface area contributed by atoms with Gasteiger partial charge in [0.2, 0.25) is 5.91 Å². The SMILES string of the molecule is CC(C)C(Nc1ncnc2ccccc12)C(=O)NCCc1ccncc1. The summed E-state index contributed by atoms with van der Waals surface area (Å²) in [5, 5.41) is 7.22. The van der Waals surface area contributed by atoms with Gasteiger partial charge < -0.3 is 10.6 Å². The van der Waals surface area contributed by atoms with Crippen molar-refractivity contribution in [1.82, 2.24) is 20.3 Å². The number of amides is 1. The zero-order chi connectivity index (χ0) is 18.4. The first-order valence-corrected chi connectivity index (χ1v) is 8.78. The van der Waals surface area contributed by atoms with Gasteiger partial charge in [-0.3, -0.25) is 9.78 Å². The predicted molar refractivity (Wildman–Crippen MR) is 103 cm³/mol. The summed E-state index contributed by atoms with van der Waals surface area (Å²) < 4.78 is 0. The molecule has 6 heteroatoms. The van der Waals surface area contributed by atoms with Crippen LogP contribution in [-0.4, -0.2) is 33.4 Å². The van der Waals surface area contributed by atoms with E-state index in [-0.39, 0.29) is 17.9 Å². The molecular formula is C20H23N5O. The van der Waals surface area contributed by atoms with Crippen LogP contribution in [0.3, 0.4) is 0 Å². The Balaban J connectivity index is 1.67. The first-order chi connectivity index (χ1) is 12.6. The molecule has 0 aliphatic heterocycles. The highest BCUT2D eigenvalue weighted by atomic mass is 16.2. The number of pyridine rings is 1. The van der Waals surface area contributed by atoms with Crippen molar-refractivity contribution in [3.8, 4) is 0 Å². The highest BCUT2D eigenvalue weighted by molar-refractivity contribution is 5.92. The average molecular weight is 349 g/mol. The molecule has 3 rings (SSSR count). The minimum absolute atomic E-state index is 0.0308. The van der Waals surface area contributed by atoms with Crippen LogP contribution in [0.1, 0.15) is 19.4 Å². The normalized spacial score (nSPS) is 12.1. The van der Waals surface area contributed by atoms with Crippen LogP contribution in [0.5, 0.6) is 0 Å². The number of benzene rings is 1. The van der Waals surface area contributed by atoms with Crippen molar-refractivity contribution in [2.75, 3.05) is 11.9 Å². The molecular weight excluding hydrogens is 326 g/mol. The molecule has 0 spiro atoms. The number of aromatic nitrogens is 3. The van der Waals surface area contributed by atoms with E-state index < -0.39 is 0 Å². The second-order valence-corrected chi connectivity index (χ2v) is 6.50. The molecule has 1 unspecified atom stereocenters. The Labute approximate surface area is 153 Å². The van der Waals surface area contributed by atoms with Crippen LogP contribution < -0.4 is 10.6 Å². The molecule has 0 aliphatic rings. The summed E-state index contributed by atoms with van der Waals surface area (Å²) >= 11 is 0. The number of anilines is 1. The number of rotatable bonds is 7. The maximum absolute atomic E-state index is 12.7. The van der Waals surface area contributed by atoms with Crippen molar-refractivity contribution in [1.29, 1.82) is 0 Å². The smallest absolute Gasteiger partial charge is 0.242 e. The zero-order valence-corrected chi connectivity index (χ0v) is 15.0. The molecule has 0 saturated carbocycles. The third kappa shape index (κ3) is 4.33. The molecule has 1 aromatic carbocycles. The van der Waals surface area contributed by atoms with Gasteiger partial charge >= 0.3 is 0 Å². The van der Waals surface area contributed by atoms with Crippen LogP contribution in [0.4, 0.5) is 5.82 Å². The van der Waals surface area contributed by atoms with Gasteiger partial charge in [0.25, 0.3) is 0 Å². The molecule has 2 heterocycles. The van der Waals surface area contributed by atoms with E-state index in [1.54, 1.807) is 12.4 Å². The second-order valence-electron chi connectivity index (χ2n) is 6.50. The lowest BCUT2D eigenvalue weighted by Gasteiger charge is -2.22. The Bertz CT molecular complexity index is 861. The number of hydrogen-bond donors (Lipinski definition) is 2. The molecule has 1 amide bonds. The maximum atomic E-state index is 12.7. The maximum Gasteiger partial charge on any atom is 0.242 e. The quantitative estimate of drug-likeness (QED) is 0.686. The summed E-state index contributed by atoms with van der Waals surface area (Å²) in [6.07, 6.45) is 5.81. The summed E-state index contributed by atoms with van der Waals surface area (Å²) in [6.45, 7) is 4.62. The Morgan fingerprint density at radius 2 is 1.85 bits per heavy atom. The number of nitrogens with zero attached hydrogens (tertiary/aromatic N) is 3. The molecule has 0 aliphatic carbocycles. The molecule has 0 fully saturated rings. The van der Waals surface area contributed by atoms with E-state index >= 15 is 0 Å². The first kappa shape index (κ1) is 17.8. The first-order valence-electron chi connectivity index (χ1n) is 8.78. The molecule has 134 valence electrons. The molecule has 1 atom stereocenters. The number of fused-ring (bicyclic) bond motifs is 1. The summed E-state index contributed by atoms with van der Waals surface area (Å²) in [6, 6.07) is 11.3. The Hall–Kier alpha value is -3.02. The third-order valence-corrected chi connectivity index (χ3v) is 4.25. The van der Waals surface area contributed by atoms with Crippen LogP contribution in [0.25, 0.3) is 10.9 Å². The Morgan fingerprint density at radius 3 is 2.62 bits per heavy atom. The highest BCUT2D eigenvalue weighted by Crippen LogP contribution is 2.20. The Morgan fingerprint density at radius 1 is 1.08 bits per heavy atom. The molecule has 0 bridgehead atoms. The Kier molecular flexibility index (Phi) is 5.73. The molecule has 0 radical (unpaired) electrons. The van der Waals surface area contributed by atoms with Gasteiger partial charge in [0, 0.05) is 24.3 Å². The summed E-state index contributed by atoms with van der Waals surface area (Å²) in [5.74, 6) is 0.764. The number of carbonyl (C=O) groups is 1. The number of para-hydroxylation sites is 1. The van der Waals surface area contributed by atoms with E-state index in [9.17, 15) is 4.79 Å². The van der Waals surface area contributed by atoms with E-state index in [0.29, 0.717) is 12.4 Å². The van der Waals surface area contributed by atoms with Crippen molar-refractivity contribution in [3.63, 3.8) is 0 Å². The molecule has 26 heavy (non-hydrogen) atoms. The largest absolute Gasteiger partial charge is 0.358 e. The van der Waals surface area contributed by atoms with Crippen molar-refractivity contribution in [2.45, 2.75) is 26.3 Å². The van der Waals surface area contributed by atoms with Gasteiger partial charge in [-0.2, -0.15) is 0 Å². The fourth-order valence-electron chi connectivity index (χ4n) is 2.79. The van der Waals surface area contributed by atoms with Gasteiger partial charge in [-0.1, -0.05) is 26.0 Å². The van der Waals surface area contributed by atoms with Gasteiger partial charge in [-0.25, -0.2) is 9.97 Å². The van der Waals surface area contributed by atoms with Gasteiger partial charge in [0.15, 0.2) is 0 Å². The minimum Gasteiger partial charge on any atom is -0.358 e. The molecule has 2 aromatic heterocycles. The average Bonchev–Trinajstić information content (AvgIpc) is 2.66. The van der Waals surface area contributed by atoms with Crippen molar-refractivity contribution in [2.24, 2.45) is 5.92 Å². The van der Waals surface area contributed by atoms with E-state index in [1.807, 2.05) is 50.2 Å². The molecule has 6 nitrogen and oxygen atoms in total.